The van der Waals surface area contributed by atoms with Crippen molar-refractivity contribution >= 4 is 17.0 Å². The molecule has 2 aromatic carbocycles. The van der Waals surface area contributed by atoms with Crippen LogP contribution in [0.25, 0.3) is 11.1 Å². The van der Waals surface area contributed by atoms with E-state index in [2.05, 4.69) is 4.98 Å². The Kier molecular flexibility index (Phi) is 5.19. The van der Waals surface area contributed by atoms with Crippen molar-refractivity contribution in [2.24, 2.45) is 0 Å². The Hall–Kier alpha value is -3.02. The number of carbonyl (C=O) groups excluding carboxylic acids is 1. The third-order valence-electron chi connectivity index (χ3n) is 5.18. The number of rotatable bonds is 5. The number of hydrogen-bond donors (Lipinski definition) is 0. The summed E-state index contributed by atoms with van der Waals surface area (Å²) in [6.07, 6.45) is 1.68. The van der Waals surface area contributed by atoms with Crippen molar-refractivity contribution in [3.63, 3.8) is 0 Å². The van der Waals surface area contributed by atoms with Crippen LogP contribution in [0.5, 0.6) is 11.5 Å². The quantitative estimate of drug-likeness (QED) is 0.671. The largest absolute Gasteiger partial charge is 0.493 e. The maximum atomic E-state index is 12.5. The van der Waals surface area contributed by atoms with Crippen LogP contribution in [0.3, 0.4) is 0 Å². The minimum absolute atomic E-state index is 0.00692. The Morgan fingerprint density at radius 1 is 1.18 bits per heavy atom. The van der Waals surface area contributed by atoms with Gasteiger partial charge in [0.25, 0.3) is 5.91 Å². The molecule has 1 amide bonds. The van der Waals surface area contributed by atoms with E-state index in [-0.39, 0.29) is 18.4 Å². The molecule has 4 rings (SSSR count). The summed E-state index contributed by atoms with van der Waals surface area (Å²) in [5.41, 5.74) is 2.78. The summed E-state index contributed by atoms with van der Waals surface area (Å²) in [5, 5.41) is 0. The lowest BCUT2D eigenvalue weighted by Gasteiger charge is -2.30. The van der Waals surface area contributed by atoms with Crippen molar-refractivity contribution in [2.45, 2.75) is 25.7 Å². The first-order valence-corrected chi connectivity index (χ1v) is 9.54. The van der Waals surface area contributed by atoms with E-state index < -0.39 is 0 Å². The second-order valence-electron chi connectivity index (χ2n) is 7.12. The third kappa shape index (κ3) is 3.81. The van der Waals surface area contributed by atoms with Crippen molar-refractivity contribution in [2.75, 3.05) is 26.8 Å². The smallest absolute Gasteiger partial charge is 0.260 e. The predicted octanol–water partition coefficient (Wildman–Crippen LogP) is 3.93. The van der Waals surface area contributed by atoms with Gasteiger partial charge in [0, 0.05) is 19.0 Å². The van der Waals surface area contributed by atoms with E-state index in [0.29, 0.717) is 24.6 Å². The lowest BCUT2D eigenvalue weighted by atomic mass is 9.97. The SMILES string of the molecule is COc1cc(C)ccc1OCC(=O)N1CCC(c2nc3ccccc3o2)CC1. The number of ether oxygens (including phenoxy) is 2. The lowest BCUT2D eigenvalue weighted by Crippen LogP contribution is -2.40. The minimum Gasteiger partial charge on any atom is -0.493 e. The Labute approximate surface area is 164 Å². The van der Waals surface area contributed by atoms with Crippen molar-refractivity contribution in [3.8, 4) is 11.5 Å². The van der Waals surface area contributed by atoms with Gasteiger partial charge in [-0.15, -0.1) is 0 Å². The fraction of sp³-hybridized carbons (Fsp3) is 0.364. The summed E-state index contributed by atoms with van der Waals surface area (Å²) in [6.45, 7) is 3.35. The summed E-state index contributed by atoms with van der Waals surface area (Å²) < 4.78 is 16.9. The maximum absolute atomic E-state index is 12.5. The highest BCUT2D eigenvalue weighted by molar-refractivity contribution is 5.78. The molecule has 146 valence electrons. The van der Waals surface area contributed by atoms with Crippen LogP contribution < -0.4 is 9.47 Å². The molecule has 28 heavy (non-hydrogen) atoms. The van der Waals surface area contributed by atoms with Crippen molar-refractivity contribution in [1.82, 2.24) is 9.88 Å². The molecule has 0 spiro atoms. The summed E-state index contributed by atoms with van der Waals surface area (Å²) >= 11 is 0. The number of methoxy groups -OCH3 is 1. The normalized spacial score (nSPS) is 15.0. The van der Waals surface area contributed by atoms with Gasteiger partial charge in [0.2, 0.25) is 0 Å². The zero-order chi connectivity index (χ0) is 19.5. The average Bonchev–Trinajstić information content (AvgIpc) is 3.17. The second kappa shape index (κ2) is 7.92. The van der Waals surface area contributed by atoms with E-state index in [9.17, 15) is 4.79 Å². The van der Waals surface area contributed by atoms with Crippen molar-refractivity contribution < 1.29 is 18.7 Å². The highest BCUT2D eigenvalue weighted by atomic mass is 16.5. The van der Waals surface area contributed by atoms with Crippen LogP contribution in [-0.2, 0) is 4.79 Å². The summed E-state index contributed by atoms with van der Waals surface area (Å²) in [6, 6.07) is 13.5. The standard InChI is InChI=1S/C22H24N2O4/c1-15-7-8-19(20(13-15)26-2)27-14-21(25)24-11-9-16(10-12-24)22-23-17-5-3-4-6-18(17)28-22/h3-8,13,16H,9-12,14H2,1-2H3. The van der Waals surface area contributed by atoms with Gasteiger partial charge in [-0.1, -0.05) is 18.2 Å². The number of hydrogen-bond acceptors (Lipinski definition) is 5. The first kappa shape index (κ1) is 18.3. The molecule has 1 fully saturated rings. The monoisotopic (exact) mass is 380 g/mol. The first-order valence-electron chi connectivity index (χ1n) is 9.54. The van der Waals surface area contributed by atoms with Crippen LogP contribution in [0.2, 0.25) is 0 Å². The van der Waals surface area contributed by atoms with Crippen LogP contribution in [0.15, 0.2) is 46.9 Å². The number of para-hydroxylation sites is 2. The van der Waals surface area contributed by atoms with E-state index in [0.717, 1.165) is 35.4 Å². The zero-order valence-corrected chi connectivity index (χ0v) is 16.2. The van der Waals surface area contributed by atoms with Crippen LogP contribution in [0.4, 0.5) is 0 Å². The van der Waals surface area contributed by atoms with Gasteiger partial charge in [-0.2, -0.15) is 0 Å². The molecule has 6 nitrogen and oxygen atoms in total. The molecule has 1 saturated heterocycles. The van der Waals surface area contributed by atoms with E-state index in [1.165, 1.54) is 0 Å². The Bertz CT molecular complexity index is 941. The molecular weight excluding hydrogens is 356 g/mol. The van der Waals surface area contributed by atoms with Gasteiger partial charge < -0.3 is 18.8 Å². The van der Waals surface area contributed by atoms with E-state index in [1.54, 1.807) is 7.11 Å². The molecule has 0 saturated carbocycles. The summed E-state index contributed by atoms with van der Waals surface area (Å²) in [5.74, 6) is 2.23. The van der Waals surface area contributed by atoms with Crippen LogP contribution >= 0.6 is 0 Å². The van der Waals surface area contributed by atoms with Crippen LogP contribution in [-0.4, -0.2) is 42.6 Å². The second-order valence-corrected chi connectivity index (χ2v) is 7.12. The number of aromatic nitrogens is 1. The third-order valence-corrected chi connectivity index (χ3v) is 5.18. The van der Waals surface area contributed by atoms with Gasteiger partial charge in [-0.05, 0) is 49.6 Å². The highest BCUT2D eigenvalue weighted by Gasteiger charge is 2.27. The maximum Gasteiger partial charge on any atom is 0.260 e. The number of oxazole rings is 1. The molecule has 0 atom stereocenters. The van der Waals surface area contributed by atoms with Gasteiger partial charge in [0.1, 0.15) is 5.52 Å². The zero-order valence-electron chi connectivity index (χ0n) is 16.2. The molecule has 0 unspecified atom stereocenters. The average molecular weight is 380 g/mol. The number of benzene rings is 2. The highest BCUT2D eigenvalue weighted by Crippen LogP contribution is 2.30. The predicted molar refractivity (Wildman–Crippen MR) is 106 cm³/mol. The molecule has 2 heterocycles. The van der Waals surface area contributed by atoms with Gasteiger partial charge in [0.15, 0.2) is 29.6 Å². The lowest BCUT2D eigenvalue weighted by molar-refractivity contribution is -0.134. The van der Waals surface area contributed by atoms with E-state index in [4.69, 9.17) is 13.9 Å². The van der Waals surface area contributed by atoms with Gasteiger partial charge >= 0.3 is 0 Å². The number of piperidine rings is 1. The Morgan fingerprint density at radius 2 is 1.96 bits per heavy atom. The molecular formula is C22H24N2O4. The van der Waals surface area contributed by atoms with Gasteiger partial charge in [-0.25, -0.2) is 4.98 Å². The minimum atomic E-state index is -0.0151. The van der Waals surface area contributed by atoms with Crippen LogP contribution in [0, 0.1) is 6.92 Å². The molecule has 1 aromatic heterocycles. The molecule has 6 heteroatoms. The first-order chi connectivity index (χ1) is 13.6. The van der Waals surface area contributed by atoms with E-state index in [1.807, 2.05) is 54.3 Å². The molecule has 1 aliphatic heterocycles. The number of nitrogens with zero attached hydrogens (tertiary/aromatic N) is 2. The molecule has 0 bridgehead atoms. The number of likely N-dealkylation sites (tertiary alicyclic amines) is 1. The number of amides is 1. The van der Waals surface area contributed by atoms with Gasteiger partial charge in [-0.3, -0.25) is 4.79 Å². The van der Waals surface area contributed by atoms with Crippen molar-refractivity contribution in [3.05, 3.63) is 53.9 Å². The molecule has 0 radical (unpaired) electrons. The van der Waals surface area contributed by atoms with E-state index >= 15 is 0 Å². The fourth-order valence-electron chi connectivity index (χ4n) is 3.57. The Morgan fingerprint density at radius 3 is 2.71 bits per heavy atom. The molecule has 0 N–H and O–H groups in total. The van der Waals surface area contributed by atoms with Crippen LogP contribution in [0.1, 0.15) is 30.2 Å². The molecule has 1 aliphatic rings. The fourth-order valence-corrected chi connectivity index (χ4v) is 3.57. The topological polar surface area (TPSA) is 64.8 Å². The van der Waals surface area contributed by atoms with Crippen molar-refractivity contribution in [1.29, 1.82) is 0 Å². The number of fused-ring (bicyclic) bond motifs is 1. The number of aryl methyl sites for hydroxylation is 1. The van der Waals surface area contributed by atoms with Gasteiger partial charge in [0.05, 0.1) is 7.11 Å². The number of carbonyl (C=O) groups is 1. The summed E-state index contributed by atoms with van der Waals surface area (Å²) in [4.78, 5) is 19.0. The molecule has 0 aliphatic carbocycles. The Balaban J connectivity index is 1.32. The molecule has 3 aromatic rings. The summed E-state index contributed by atoms with van der Waals surface area (Å²) in [7, 11) is 1.60.